The molecule has 0 aromatic rings. The summed E-state index contributed by atoms with van der Waals surface area (Å²) in [6.07, 6.45) is -1.92. The van der Waals surface area contributed by atoms with Gasteiger partial charge in [0.1, 0.15) is 11.6 Å². The number of aliphatic carboxylic acids is 2. The summed E-state index contributed by atoms with van der Waals surface area (Å²) in [6.45, 7) is -0.519. The third-order valence-electron chi connectivity index (χ3n) is 2.34. The predicted molar refractivity (Wildman–Crippen MR) is 45.3 cm³/mol. The molecule has 1 aliphatic rings. The average molecular weight is 218 g/mol. The summed E-state index contributed by atoms with van der Waals surface area (Å²) >= 11 is 0. The SMILES string of the molecule is N[C@]1(C(=O)O)C[C@@H](C(=O)O)N(C(=O)O)C1. The largest absolute Gasteiger partial charge is 0.480 e. The van der Waals surface area contributed by atoms with Crippen LogP contribution in [0.1, 0.15) is 6.42 Å². The molecule has 15 heavy (non-hydrogen) atoms. The number of carboxylic acid groups (broad SMARTS) is 3. The molecule has 1 saturated heterocycles. The number of hydrogen-bond acceptors (Lipinski definition) is 4. The number of likely N-dealkylation sites (tertiary alicyclic amines) is 1. The predicted octanol–water partition coefficient (Wildman–Crippen LogP) is -1.39. The summed E-state index contributed by atoms with van der Waals surface area (Å²) in [7, 11) is 0. The van der Waals surface area contributed by atoms with Crippen LogP contribution in [0.5, 0.6) is 0 Å². The van der Waals surface area contributed by atoms with Gasteiger partial charge >= 0.3 is 18.0 Å². The van der Waals surface area contributed by atoms with Crippen molar-refractivity contribution < 1.29 is 29.7 Å². The topological polar surface area (TPSA) is 141 Å². The molecule has 2 atom stereocenters. The van der Waals surface area contributed by atoms with Gasteiger partial charge in [-0.25, -0.2) is 9.59 Å². The molecule has 1 amide bonds. The lowest BCUT2D eigenvalue weighted by Crippen LogP contribution is -2.50. The van der Waals surface area contributed by atoms with Crippen LogP contribution in [0.2, 0.25) is 0 Å². The molecule has 1 rings (SSSR count). The molecule has 84 valence electrons. The van der Waals surface area contributed by atoms with Gasteiger partial charge in [0.15, 0.2) is 0 Å². The average Bonchev–Trinajstić information content (AvgIpc) is 2.45. The van der Waals surface area contributed by atoms with E-state index in [4.69, 9.17) is 21.1 Å². The second-order valence-electron chi connectivity index (χ2n) is 3.43. The third-order valence-corrected chi connectivity index (χ3v) is 2.34. The molecule has 1 heterocycles. The van der Waals surface area contributed by atoms with Crippen molar-refractivity contribution in [2.45, 2.75) is 18.0 Å². The van der Waals surface area contributed by atoms with Crippen LogP contribution in [0, 0.1) is 0 Å². The van der Waals surface area contributed by atoms with E-state index >= 15 is 0 Å². The van der Waals surface area contributed by atoms with E-state index in [9.17, 15) is 14.4 Å². The second-order valence-corrected chi connectivity index (χ2v) is 3.43. The number of carboxylic acids is 2. The standard InChI is InChI=1S/C7H10N2O6/c8-7(5(12)13)1-3(4(10)11)9(2-7)6(14)15/h3H,1-2,8H2,(H,10,11)(H,12,13)(H,14,15)/t3-,7+/m0/s1. The second kappa shape index (κ2) is 3.39. The first kappa shape index (κ1) is 11.2. The van der Waals surface area contributed by atoms with Crippen molar-refractivity contribution in [1.82, 2.24) is 4.90 Å². The highest BCUT2D eigenvalue weighted by Crippen LogP contribution is 2.25. The van der Waals surface area contributed by atoms with Gasteiger partial charge in [-0.1, -0.05) is 0 Å². The van der Waals surface area contributed by atoms with Crippen LogP contribution in [0.3, 0.4) is 0 Å². The molecule has 8 nitrogen and oxygen atoms in total. The van der Waals surface area contributed by atoms with Gasteiger partial charge in [-0.05, 0) is 0 Å². The number of carbonyl (C=O) groups is 3. The first-order valence-corrected chi connectivity index (χ1v) is 4.02. The maximum Gasteiger partial charge on any atom is 0.408 e. The van der Waals surface area contributed by atoms with E-state index in [-0.39, 0.29) is 0 Å². The van der Waals surface area contributed by atoms with Crippen molar-refractivity contribution in [3.8, 4) is 0 Å². The van der Waals surface area contributed by atoms with Crippen molar-refractivity contribution in [3.63, 3.8) is 0 Å². The van der Waals surface area contributed by atoms with Crippen molar-refractivity contribution >= 4 is 18.0 Å². The first-order chi connectivity index (χ1) is 6.78. The van der Waals surface area contributed by atoms with Gasteiger partial charge in [-0.3, -0.25) is 9.69 Å². The molecule has 1 aliphatic heterocycles. The molecular weight excluding hydrogens is 208 g/mol. The summed E-state index contributed by atoms with van der Waals surface area (Å²) in [5.74, 6) is -2.80. The maximum atomic E-state index is 10.7. The number of nitrogens with zero attached hydrogens (tertiary/aromatic N) is 1. The Morgan fingerprint density at radius 3 is 2.07 bits per heavy atom. The highest BCUT2D eigenvalue weighted by Gasteiger charge is 2.51. The Bertz CT molecular complexity index is 305. The molecule has 0 aliphatic carbocycles. The molecule has 0 bridgehead atoms. The van der Waals surface area contributed by atoms with Gasteiger partial charge in [0.2, 0.25) is 0 Å². The van der Waals surface area contributed by atoms with Crippen LogP contribution < -0.4 is 5.73 Å². The fraction of sp³-hybridized carbons (Fsp3) is 0.571. The Labute approximate surface area is 83.9 Å². The zero-order chi connectivity index (χ0) is 11.8. The number of nitrogens with two attached hydrogens (primary N) is 1. The summed E-state index contributed by atoms with van der Waals surface area (Å²) < 4.78 is 0. The number of hydrogen-bond donors (Lipinski definition) is 4. The lowest BCUT2D eigenvalue weighted by atomic mass is 9.98. The van der Waals surface area contributed by atoms with Crippen molar-refractivity contribution in [3.05, 3.63) is 0 Å². The molecular formula is C7H10N2O6. The zero-order valence-electron chi connectivity index (χ0n) is 7.58. The summed E-state index contributed by atoms with van der Waals surface area (Å²) in [6, 6.07) is -1.40. The van der Waals surface area contributed by atoms with E-state index in [1.165, 1.54) is 0 Å². The normalized spacial score (nSPS) is 30.2. The van der Waals surface area contributed by atoms with Crippen molar-refractivity contribution in [1.29, 1.82) is 0 Å². The summed E-state index contributed by atoms with van der Waals surface area (Å²) in [5, 5.41) is 26.1. The van der Waals surface area contributed by atoms with Crippen molar-refractivity contribution in [2.24, 2.45) is 5.73 Å². The lowest BCUT2D eigenvalue weighted by molar-refractivity contribution is -0.142. The highest BCUT2D eigenvalue weighted by molar-refractivity contribution is 5.86. The van der Waals surface area contributed by atoms with Crippen LogP contribution in [0.25, 0.3) is 0 Å². The Balaban J connectivity index is 2.97. The molecule has 0 aromatic carbocycles. The monoisotopic (exact) mass is 218 g/mol. The quantitative estimate of drug-likeness (QED) is 0.446. The maximum absolute atomic E-state index is 10.7. The Morgan fingerprint density at radius 2 is 1.80 bits per heavy atom. The number of rotatable bonds is 2. The van der Waals surface area contributed by atoms with E-state index in [1.54, 1.807) is 0 Å². The van der Waals surface area contributed by atoms with Crippen molar-refractivity contribution in [2.75, 3.05) is 6.54 Å². The molecule has 0 aromatic heterocycles. The smallest absolute Gasteiger partial charge is 0.408 e. The van der Waals surface area contributed by atoms with E-state index in [2.05, 4.69) is 0 Å². The van der Waals surface area contributed by atoms with Gasteiger partial charge in [-0.15, -0.1) is 0 Å². The van der Waals surface area contributed by atoms with Crippen LogP contribution in [0.15, 0.2) is 0 Å². The highest BCUT2D eigenvalue weighted by atomic mass is 16.4. The van der Waals surface area contributed by atoms with Crippen LogP contribution in [-0.4, -0.2) is 56.4 Å². The van der Waals surface area contributed by atoms with Gasteiger partial charge in [-0.2, -0.15) is 0 Å². The molecule has 1 fully saturated rings. The van der Waals surface area contributed by atoms with Gasteiger partial charge in [0.25, 0.3) is 0 Å². The van der Waals surface area contributed by atoms with E-state index in [0.29, 0.717) is 4.90 Å². The zero-order valence-corrected chi connectivity index (χ0v) is 7.58. The van der Waals surface area contributed by atoms with E-state index < -0.39 is 42.6 Å². The summed E-state index contributed by atoms with van der Waals surface area (Å²) in [5.41, 5.74) is 3.57. The molecule has 8 heteroatoms. The Kier molecular flexibility index (Phi) is 2.54. The fourth-order valence-corrected chi connectivity index (χ4v) is 1.51. The Morgan fingerprint density at radius 1 is 1.27 bits per heavy atom. The minimum Gasteiger partial charge on any atom is -0.480 e. The van der Waals surface area contributed by atoms with Crippen LogP contribution >= 0.6 is 0 Å². The van der Waals surface area contributed by atoms with E-state index in [1.807, 2.05) is 0 Å². The molecule has 0 radical (unpaired) electrons. The van der Waals surface area contributed by atoms with Crippen LogP contribution in [-0.2, 0) is 9.59 Å². The van der Waals surface area contributed by atoms with Gasteiger partial charge in [0.05, 0.1) is 6.54 Å². The fourth-order valence-electron chi connectivity index (χ4n) is 1.51. The van der Waals surface area contributed by atoms with Gasteiger partial charge in [0, 0.05) is 6.42 Å². The third kappa shape index (κ3) is 1.84. The van der Waals surface area contributed by atoms with Gasteiger partial charge < -0.3 is 21.1 Å². The Hall–Kier alpha value is -1.83. The number of amides is 1. The summed E-state index contributed by atoms with van der Waals surface area (Å²) in [4.78, 5) is 32.6. The molecule has 0 saturated carbocycles. The molecule has 5 N–H and O–H groups in total. The van der Waals surface area contributed by atoms with E-state index in [0.717, 1.165) is 0 Å². The van der Waals surface area contributed by atoms with Crippen LogP contribution in [0.4, 0.5) is 4.79 Å². The molecule has 0 spiro atoms. The minimum absolute atomic E-state index is 0.427. The molecule has 0 unspecified atom stereocenters. The first-order valence-electron chi connectivity index (χ1n) is 4.02. The minimum atomic E-state index is -1.82. The lowest BCUT2D eigenvalue weighted by Gasteiger charge is -2.18.